The fourth-order valence-corrected chi connectivity index (χ4v) is 2.50. The van der Waals surface area contributed by atoms with Gasteiger partial charge in [0.05, 0.1) is 11.0 Å². The number of fused-ring (bicyclic) bond motifs is 2. The van der Waals surface area contributed by atoms with Crippen LogP contribution in [0.15, 0.2) is 41.2 Å². The zero-order valence-electron chi connectivity index (χ0n) is 10.2. The summed E-state index contributed by atoms with van der Waals surface area (Å²) in [5.41, 5.74) is 2.05. The van der Waals surface area contributed by atoms with Crippen LogP contribution in [0.2, 0.25) is 0 Å². The molecule has 92 valence electrons. The minimum atomic E-state index is -0.139. The van der Waals surface area contributed by atoms with Crippen molar-refractivity contribution < 1.29 is 0 Å². The van der Waals surface area contributed by atoms with Crippen LogP contribution in [-0.4, -0.2) is 19.6 Å². The number of benzene rings is 2. The number of rotatable bonds is 0. The van der Waals surface area contributed by atoms with Crippen molar-refractivity contribution >= 4 is 27.6 Å². The quantitative estimate of drug-likeness (QED) is 0.383. The van der Waals surface area contributed by atoms with Crippen molar-refractivity contribution in [2.45, 2.75) is 6.92 Å². The summed E-state index contributed by atoms with van der Waals surface area (Å²) in [5.74, 6) is 0.460. The highest BCUT2D eigenvalue weighted by Crippen LogP contribution is 2.24. The first kappa shape index (κ1) is 10.3. The van der Waals surface area contributed by atoms with Gasteiger partial charge in [0.2, 0.25) is 5.78 Å². The van der Waals surface area contributed by atoms with Crippen LogP contribution < -0.4 is 5.56 Å². The first-order valence-corrected chi connectivity index (χ1v) is 6.01. The standard InChI is InChI=1S/C14H10N4O/c1-8-13(19)18-11-7-3-5-9-4-2-6-10(12(9)11)15-14(18)17-16-8/h2-7H,1H3,(H,15,17). The predicted molar refractivity (Wildman–Crippen MR) is 73.4 cm³/mol. The molecule has 4 rings (SSSR count). The first-order valence-electron chi connectivity index (χ1n) is 6.01. The Kier molecular flexibility index (Phi) is 1.84. The Balaban J connectivity index is 2.46. The van der Waals surface area contributed by atoms with Gasteiger partial charge in [0.1, 0.15) is 5.69 Å². The van der Waals surface area contributed by atoms with Crippen molar-refractivity contribution in [3.63, 3.8) is 0 Å². The number of hydrogen-bond acceptors (Lipinski definition) is 3. The molecule has 0 aliphatic carbocycles. The van der Waals surface area contributed by atoms with Gasteiger partial charge in [-0.25, -0.2) is 4.40 Å². The molecule has 19 heavy (non-hydrogen) atoms. The van der Waals surface area contributed by atoms with Crippen molar-refractivity contribution in [1.82, 2.24) is 19.6 Å². The van der Waals surface area contributed by atoms with Crippen molar-refractivity contribution in [2.24, 2.45) is 0 Å². The summed E-state index contributed by atoms with van der Waals surface area (Å²) in [6, 6.07) is 11.9. The molecule has 0 aliphatic rings. The molecule has 0 fully saturated rings. The van der Waals surface area contributed by atoms with Gasteiger partial charge >= 0.3 is 0 Å². The molecule has 2 aromatic carbocycles. The lowest BCUT2D eigenvalue weighted by molar-refractivity contribution is 0.889. The summed E-state index contributed by atoms with van der Waals surface area (Å²) in [6.45, 7) is 1.67. The molecule has 0 atom stereocenters. The topological polar surface area (TPSA) is 63.1 Å². The van der Waals surface area contributed by atoms with Crippen LogP contribution in [0.5, 0.6) is 0 Å². The van der Waals surface area contributed by atoms with Crippen LogP contribution in [0.1, 0.15) is 5.69 Å². The summed E-state index contributed by atoms with van der Waals surface area (Å²) in [7, 11) is 0. The predicted octanol–water partition coefficient (Wildman–Crippen LogP) is 2.03. The van der Waals surface area contributed by atoms with Gasteiger partial charge in [-0.15, -0.1) is 10.2 Å². The highest BCUT2D eigenvalue weighted by molar-refractivity contribution is 6.07. The molecule has 0 radical (unpaired) electrons. The summed E-state index contributed by atoms with van der Waals surface area (Å²) in [6.07, 6.45) is 0. The number of aryl methyl sites for hydroxylation is 1. The average Bonchev–Trinajstić information content (AvgIpc) is 2.43. The van der Waals surface area contributed by atoms with Crippen molar-refractivity contribution in [2.75, 3.05) is 0 Å². The van der Waals surface area contributed by atoms with E-state index >= 15 is 0 Å². The van der Waals surface area contributed by atoms with Crippen molar-refractivity contribution in [1.29, 1.82) is 0 Å². The number of nitrogens with zero attached hydrogens (tertiary/aromatic N) is 3. The molecule has 0 aliphatic heterocycles. The highest BCUT2D eigenvalue weighted by Gasteiger charge is 2.10. The Morgan fingerprint density at radius 1 is 1.11 bits per heavy atom. The molecular weight excluding hydrogens is 240 g/mol. The van der Waals surface area contributed by atoms with Crippen LogP contribution in [0.4, 0.5) is 0 Å². The second-order valence-electron chi connectivity index (χ2n) is 4.56. The van der Waals surface area contributed by atoms with Gasteiger partial charge in [-0.05, 0) is 24.4 Å². The van der Waals surface area contributed by atoms with Gasteiger partial charge in [0.25, 0.3) is 5.56 Å². The van der Waals surface area contributed by atoms with Gasteiger partial charge in [0.15, 0.2) is 0 Å². The molecule has 5 heteroatoms. The Bertz CT molecular complexity index is 992. The largest absolute Gasteiger partial charge is 0.323 e. The molecular formula is C14H10N4O. The van der Waals surface area contributed by atoms with Gasteiger partial charge < -0.3 is 4.98 Å². The smallest absolute Gasteiger partial charge is 0.281 e. The van der Waals surface area contributed by atoms with Crippen LogP contribution in [0.25, 0.3) is 27.6 Å². The fraction of sp³-hybridized carbons (Fsp3) is 0.0714. The van der Waals surface area contributed by atoms with E-state index in [2.05, 4.69) is 15.2 Å². The Morgan fingerprint density at radius 2 is 1.89 bits per heavy atom. The summed E-state index contributed by atoms with van der Waals surface area (Å²) < 4.78 is 1.58. The minimum absolute atomic E-state index is 0.139. The maximum absolute atomic E-state index is 12.3. The average molecular weight is 250 g/mol. The van der Waals surface area contributed by atoms with E-state index in [-0.39, 0.29) is 5.56 Å². The first-order chi connectivity index (χ1) is 9.25. The lowest BCUT2D eigenvalue weighted by Crippen LogP contribution is -2.21. The van der Waals surface area contributed by atoms with Gasteiger partial charge in [-0.3, -0.25) is 4.79 Å². The van der Waals surface area contributed by atoms with Crippen molar-refractivity contribution in [3.8, 4) is 0 Å². The molecule has 4 aromatic rings. The zero-order chi connectivity index (χ0) is 13.0. The van der Waals surface area contributed by atoms with Gasteiger partial charge in [-0.2, -0.15) is 0 Å². The maximum Gasteiger partial charge on any atom is 0.281 e. The van der Waals surface area contributed by atoms with E-state index in [1.54, 1.807) is 11.3 Å². The molecule has 0 bridgehead atoms. The third-order valence-electron chi connectivity index (χ3n) is 3.39. The fourth-order valence-electron chi connectivity index (χ4n) is 2.50. The van der Waals surface area contributed by atoms with E-state index in [0.717, 1.165) is 21.8 Å². The molecule has 0 saturated carbocycles. The molecule has 2 heterocycles. The second-order valence-corrected chi connectivity index (χ2v) is 4.56. The van der Waals surface area contributed by atoms with E-state index in [1.165, 1.54) is 0 Å². The van der Waals surface area contributed by atoms with Gasteiger partial charge in [0, 0.05) is 5.39 Å². The number of aromatic nitrogens is 4. The molecule has 0 unspecified atom stereocenters. The van der Waals surface area contributed by atoms with Crippen LogP contribution in [0, 0.1) is 6.92 Å². The Morgan fingerprint density at radius 3 is 2.74 bits per heavy atom. The number of aromatic amines is 1. The van der Waals surface area contributed by atoms with Crippen LogP contribution in [-0.2, 0) is 0 Å². The summed E-state index contributed by atoms with van der Waals surface area (Å²) in [4.78, 5) is 15.4. The highest BCUT2D eigenvalue weighted by atomic mass is 16.1. The monoisotopic (exact) mass is 250 g/mol. The van der Waals surface area contributed by atoms with E-state index in [1.807, 2.05) is 36.4 Å². The van der Waals surface area contributed by atoms with Gasteiger partial charge in [-0.1, -0.05) is 24.3 Å². The Hall–Kier alpha value is -2.69. The Labute approximate surface area is 107 Å². The van der Waals surface area contributed by atoms with E-state index in [4.69, 9.17) is 0 Å². The van der Waals surface area contributed by atoms with Crippen molar-refractivity contribution in [3.05, 3.63) is 52.4 Å². The van der Waals surface area contributed by atoms with Crippen LogP contribution in [0.3, 0.4) is 0 Å². The number of H-pyrrole nitrogens is 1. The van der Waals surface area contributed by atoms with E-state index in [9.17, 15) is 4.79 Å². The molecule has 0 spiro atoms. The minimum Gasteiger partial charge on any atom is -0.323 e. The molecule has 0 saturated heterocycles. The van der Waals surface area contributed by atoms with E-state index < -0.39 is 0 Å². The zero-order valence-corrected chi connectivity index (χ0v) is 10.2. The molecule has 2 aromatic heterocycles. The normalized spacial score (nSPS) is 11.6. The third-order valence-corrected chi connectivity index (χ3v) is 3.39. The van der Waals surface area contributed by atoms with E-state index in [0.29, 0.717) is 11.5 Å². The SMILES string of the molecule is Cc1nnc2[nH]c3cccc4cccc(c43)n2c1=O. The molecule has 0 amide bonds. The lowest BCUT2D eigenvalue weighted by Gasteiger charge is -2.09. The van der Waals surface area contributed by atoms with Crippen LogP contribution >= 0.6 is 0 Å². The lowest BCUT2D eigenvalue weighted by atomic mass is 10.1. The summed E-state index contributed by atoms with van der Waals surface area (Å²) >= 11 is 0. The third kappa shape index (κ3) is 1.26. The second kappa shape index (κ2) is 3.41. The summed E-state index contributed by atoms with van der Waals surface area (Å²) in [5, 5.41) is 10.1. The maximum atomic E-state index is 12.3. The molecule has 5 nitrogen and oxygen atoms in total. The molecule has 1 N–H and O–H groups in total. The number of hydrogen-bond donors (Lipinski definition) is 1. The number of nitrogens with one attached hydrogen (secondary N) is 1.